The fourth-order valence-corrected chi connectivity index (χ4v) is 0.662. The van der Waals surface area contributed by atoms with Gasteiger partial charge in [-0.25, -0.2) is 0 Å². The maximum atomic E-state index is 10.1. The molecule has 1 rings (SSSR count). The third-order valence-electron chi connectivity index (χ3n) is 1.08. The molecule has 0 saturated carbocycles. The van der Waals surface area contributed by atoms with Gasteiger partial charge in [0.2, 0.25) is 6.33 Å². The minimum Gasteiger partial charge on any atom is -0.364 e. The molecule has 1 aromatic rings. The molecule has 0 spiro atoms. The molecule has 6 heteroatoms. The van der Waals surface area contributed by atoms with Crippen molar-refractivity contribution in [3.63, 3.8) is 0 Å². The fourth-order valence-electron chi connectivity index (χ4n) is 0.662. The molecule has 0 aliphatic carbocycles. The lowest BCUT2D eigenvalue weighted by atomic mass is 10.8. The highest BCUT2D eigenvalue weighted by Crippen LogP contribution is 2.04. The van der Waals surface area contributed by atoms with E-state index in [0.29, 0.717) is 0 Å². The third-order valence-corrected chi connectivity index (χ3v) is 1.08. The van der Waals surface area contributed by atoms with Gasteiger partial charge in [0.25, 0.3) is 0 Å². The summed E-state index contributed by atoms with van der Waals surface area (Å²) in [4.78, 5) is 13.1. The Morgan fingerprint density at radius 3 is 3.09 bits per heavy atom. The van der Waals surface area contributed by atoms with Gasteiger partial charge in [0, 0.05) is 7.11 Å². The summed E-state index contributed by atoms with van der Waals surface area (Å²) < 4.78 is 6.21. The lowest BCUT2D eigenvalue weighted by molar-refractivity contribution is -0.389. The predicted molar refractivity (Wildman–Crippen MR) is 35.9 cm³/mol. The van der Waals surface area contributed by atoms with Gasteiger partial charge in [0.15, 0.2) is 0 Å². The lowest BCUT2D eigenvalue weighted by Gasteiger charge is -1.93. The number of hydrogen-bond acceptors (Lipinski definition) is 4. The highest BCUT2D eigenvalue weighted by molar-refractivity contribution is 5.11. The number of aromatic nitrogens is 2. The van der Waals surface area contributed by atoms with Crippen molar-refractivity contribution < 1.29 is 9.66 Å². The molecule has 0 unspecified atom stereocenters. The highest BCUT2D eigenvalue weighted by atomic mass is 16.6. The van der Waals surface area contributed by atoms with Crippen LogP contribution in [0.15, 0.2) is 12.5 Å². The van der Waals surface area contributed by atoms with Gasteiger partial charge < -0.3 is 14.9 Å². The average molecular weight is 157 g/mol. The molecule has 0 aliphatic rings. The number of nitro groups is 1. The second kappa shape index (κ2) is 3.11. The lowest BCUT2D eigenvalue weighted by Crippen LogP contribution is -1.95. The Hall–Kier alpha value is -1.43. The molecule has 60 valence electrons. The molecule has 0 N–H and O–H groups in total. The van der Waals surface area contributed by atoms with Crippen LogP contribution in [0.4, 0.5) is 5.82 Å². The monoisotopic (exact) mass is 157 g/mol. The van der Waals surface area contributed by atoms with Gasteiger partial charge in [-0.3, -0.25) is 4.57 Å². The minimum absolute atomic E-state index is 0.165. The van der Waals surface area contributed by atoms with Gasteiger partial charge in [-0.2, -0.15) is 0 Å². The molecule has 0 radical (unpaired) electrons. The normalized spacial score (nSPS) is 9.91. The highest BCUT2D eigenvalue weighted by Gasteiger charge is 2.08. The summed E-state index contributed by atoms with van der Waals surface area (Å²) in [6, 6.07) is 0. The Morgan fingerprint density at radius 1 is 1.91 bits per heavy atom. The van der Waals surface area contributed by atoms with Crippen LogP contribution in [0.1, 0.15) is 0 Å². The van der Waals surface area contributed by atoms with Crippen LogP contribution in [0.2, 0.25) is 0 Å². The minimum atomic E-state index is -0.549. The fraction of sp³-hybridized carbons (Fsp3) is 0.400. The van der Waals surface area contributed by atoms with E-state index in [0.717, 1.165) is 0 Å². The first-order chi connectivity index (χ1) is 5.24. The van der Waals surface area contributed by atoms with Crippen LogP contribution in [0.3, 0.4) is 0 Å². The average Bonchev–Trinajstić information content (AvgIpc) is 2.37. The maximum Gasteiger partial charge on any atom is 0.381 e. The van der Waals surface area contributed by atoms with Crippen LogP contribution in [0.25, 0.3) is 0 Å². The molecule has 0 bridgehead atoms. The number of hydrogen-bond donors (Lipinski definition) is 0. The molecule has 0 fully saturated rings. The van der Waals surface area contributed by atoms with Crippen LogP contribution in [-0.4, -0.2) is 21.6 Å². The van der Waals surface area contributed by atoms with Crippen LogP contribution in [-0.2, 0) is 11.5 Å². The second-order valence-corrected chi connectivity index (χ2v) is 1.92. The quantitative estimate of drug-likeness (QED) is 0.470. The van der Waals surface area contributed by atoms with Gasteiger partial charge in [0.1, 0.15) is 12.9 Å². The topological polar surface area (TPSA) is 70.2 Å². The number of nitrogens with zero attached hydrogens (tertiary/aromatic N) is 3. The van der Waals surface area contributed by atoms with E-state index in [1.807, 2.05) is 0 Å². The Morgan fingerprint density at radius 2 is 2.64 bits per heavy atom. The zero-order valence-electron chi connectivity index (χ0n) is 5.93. The van der Waals surface area contributed by atoms with Crippen LogP contribution >= 0.6 is 0 Å². The third kappa shape index (κ3) is 1.74. The molecule has 0 atom stereocenters. The predicted octanol–water partition coefficient (Wildman–Crippen LogP) is 0.395. The maximum absolute atomic E-state index is 10.1. The summed E-state index contributed by atoms with van der Waals surface area (Å²) in [5.74, 6) is -0.165. The Labute approximate surface area is 62.6 Å². The van der Waals surface area contributed by atoms with Gasteiger partial charge in [-0.15, -0.1) is 0 Å². The van der Waals surface area contributed by atoms with Crippen LogP contribution < -0.4 is 0 Å². The first-order valence-corrected chi connectivity index (χ1v) is 2.89. The SMILES string of the molecule is COCn1cnc([N+](=O)[O-])c1. The van der Waals surface area contributed by atoms with Gasteiger partial charge >= 0.3 is 5.82 Å². The van der Waals surface area contributed by atoms with E-state index in [2.05, 4.69) is 4.98 Å². The molecular weight excluding hydrogens is 150 g/mol. The summed E-state index contributed by atoms with van der Waals surface area (Å²) in [5.41, 5.74) is 0. The van der Waals surface area contributed by atoms with Gasteiger partial charge in [-0.05, 0) is 9.91 Å². The second-order valence-electron chi connectivity index (χ2n) is 1.92. The molecule has 0 aromatic carbocycles. The molecule has 6 nitrogen and oxygen atoms in total. The first kappa shape index (κ1) is 7.67. The first-order valence-electron chi connectivity index (χ1n) is 2.89. The summed E-state index contributed by atoms with van der Waals surface area (Å²) in [7, 11) is 1.51. The van der Waals surface area contributed by atoms with Crippen molar-refractivity contribution in [3.8, 4) is 0 Å². The molecule has 0 saturated heterocycles. The van der Waals surface area contributed by atoms with Crippen LogP contribution in [0.5, 0.6) is 0 Å². The van der Waals surface area contributed by atoms with Crippen molar-refractivity contribution in [2.45, 2.75) is 6.73 Å². The van der Waals surface area contributed by atoms with Gasteiger partial charge in [0.05, 0.1) is 0 Å². The van der Waals surface area contributed by atoms with E-state index in [4.69, 9.17) is 4.74 Å². The molecule has 0 aliphatic heterocycles. The molecule has 1 aromatic heterocycles. The molecule has 1 heterocycles. The Balaban J connectivity index is 2.73. The largest absolute Gasteiger partial charge is 0.381 e. The number of imidazole rings is 1. The van der Waals surface area contributed by atoms with Crippen molar-refractivity contribution in [3.05, 3.63) is 22.6 Å². The van der Waals surface area contributed by atoms with E-state index >= 15 is 0 Å². The van der Waals surface area contributed by atoms with Crippen molar-refractivity contribution in [2.75, 3.05) is 7.11 Å². The number of rotatable bonds is 3. The zero-order chi connectivity index (χ0) is 8.27. The van der Waals surface area contributed by atoms with Crippen molar-refractivity contribution in [1.82, 2.24) is 9.55 Å². The van der Waals surface area contributed by atoms with E-state index in [1.54, 1.807) is 0 Å². The number of ether oxygens (including phenoxy) is 1. The van der Waals surface area contributed by atoms with E-state index in [-0.39, 0.29) is 12.5 Å². The molecule has 11 heavy (non-hydrogen) atoms. The van der Waals surface area contributed by atoms with E-state index in [1.165, 1.54) is 24.2 Å². The van der Waals surface area contributed by atoms with E-state index < -0.39 is 4.92 Å². The van der Waals surface area contributed by atoms with Gasteiger partial charge in [-0.1, -0.05) is 0 Å². The van der Waals surface area contributed by atoms with Crippen LogP contribution in [0, 0.1) is 10.1 Å². The zero-order valence-corrected chi connectivity index (χ0v) is 5.93. The summed E-state index contributed by atoms with van der Waals surface area (Å²) >= 11 is 0. The summed E-state index contributed by atoms with van der Waals surface area (Å²) in [5, 5.41) is 10.1. The van der Waals surface area contributed by atoms with Crippen molar-refractivity contribution >= 4 is 5.82 Å². The number of methoxy groups -OCH3 is 1. The standard InChI is InChI=1S/C5H7N3O3/c1-11-4-7-2-5(6-3-7)8(9)10/h2-3H,4H2,1H3. The molecule has 0 amide bonds. The summed E-state index contributed by atoms with van der Waals surface area (Å²) in [6.07, 6.45) is 2.66. The Kier molecular flexibility index (Phi) is 2.17. The van der Waals surface area contributed by atoms with E-state index in [9.17, 15) is 10.1 Å². The smallest absolute Gasteiger partial charge is 0.364 e. The van der Waals surface area contributed by atoms with Crippen molar-refractivity contribution in [2.24, 2.45) is 0 Å². The molecular formula is C5H7N3O3. The van der Waals surface area contributed by atoms with Crippen molar-refractivity contribution in [1.29, 1.82) is 0 Å². The Bertz CT molecular complexity index is 257. The summed E-state index contributed by atoms with van der Waals surface area (Å²) in [6.45, 7) is 0.279.